The fourth-order valence-electron chi connectivity index (χ4n) is 6.71. The van der Waals surface area contributed by atoms with Crippen molar-refractivity contribution in [1.29, 1.82) is 0 Å². The number of halogens is 3. The Bertz CT molecular complexity index is 1370. The minimum atomic E-state index is -4.92. The molecule has 0 saturated heterocycles. The molecule has 0 radical (unpaired) electrons. The summed E-state index contributed by atoms with van der Waals surface area (Å²) in [4.78, 5) is 69.0. The normalized spacial score (nSPS) is 30.4. The predicted octanol–water partition coefficient (Wildman–Crippen LogP) is 1.12. The molecule has 2 unspecified atom stereocenters. The number of rotatable bonds is 4. The van der Waals surface area contributed by atoms with Crippen LogP contribution >= 0.6 is 0 Å². The highest BCUT2D eigenvalue weighted by molar-refractivity contribution is 6.32. The highest BCUT2D eigenvalue weighted by Crippen LogP contribution is 2.52. The van der Waals surface area contributed by atoms with E-state index in [0.717, 1.165) is 6.07 Å². The maximum absolute atomic E-state index is 14.6. The van der Waals surface area contributed by atoms with Crippen LogP contribution < -0.4 is 5.73 Å². The van der Waals surface area contributed by atoms with Crippen molar-refractivity contribution >= 4 is 29.0 Å². The summed E-state index contributed by atoms with van der Waals surface area (Å²) >= 11 is 0. The number of nitrogens with zero attached hydrogens (tertiary/aromatic N) is 2. The molecular formula is C28H34F3N3O7. The monoisotopic (exact) mass is 581 g/mol. The minimum absolute atomic E-state index is 0.205. The summed E-state index contributed by atoms with van der Waals surface area (Å²) in [5.74, 6) is -13.4. The van der Waals surface area contributed by atoms with Crippen LogP contribution in [0.3, 0.4) is 0 Å². The number of amides is 1. The zero-order chi connectivity index (χ0) is 31.1. The Morgan fingerprint density at radius 3 is 2.17 bits per heavy atom. The first-order chi connectivity index (χ1) is 18.6. The topological polar surface area (TPSA) is 158 Å². The van der Waals surface area contributed by atoms with E-state index in [1.165, 1.54) is 19.0 Å². The number of alkyl halides is 3. The van der Waals surface area contributed by atoms with Gasteiger partial charge in [0.2, 0.25) is 5.91 Å². The maximum Gasteiger partial charge on any atom is 0.417 e. The molecule has 0 aromatic heterocycles. The van der Waals surface area contributed by atoms with Gasteiger partial charge in [-0.25, -0.2) is 0 Å². The second-order valence-corrected chi connectivity index (χ2v) is 12.6. The third-order valence-electron chi connectivity index (χ3n) is 8.98. The molecule has 41 heavy (non-hydrogen) atoms. The number of hydrogen-bond acceptors (Lipinski definition) is 9. The van der Waals surface area contributed by atoms with Gasteiger partial charge in [-0.1, -0.05) is 0 Å². The van der Waals surface area contributed by atoms with E-state index in [0.29, 0.717) is 0 Å². The lowest BCUT2D eigenvalue weighted by Gasteiger charge is -2.52. The Kier molecular flexibility index (Phi) is 7.29. The molecular weight excluding hydrogens is 547 g/mol. The average molecular weight is 582 g/mol. The number of carbonyl (C=O) groups excluding carboxylic acids is 5. The summed E-state index contributed by atoms with van der Waals surface area (Å²) in [7, 11) is 4.47. The number of ketones is 4. The van der Waals surface area contributed by atoms with Crippen LogP contribution in [0.1, 0.15) is 54.2 Å². The van der Waals surface area contributed by atoms with Crippen molar-refractivity contribution in [2.24, 2.45) is 29.4 Å². The van der Waals surface area contributed by atoms with Gasteiger partial charge in [-0.3, -0.25) is 33.8 Å². The summed E-state index contributed by atoms with van der Waals surface area (Å²) in [5, 5.41) is 22.4. The number of phenols is 1. The van der Waals surface area contributed by atoms with E-state index in [1.54, 1.807) is 32.7 Å². The molecule has 0 spiro atoms. The molecule has 1 aromatic carbocycles. The fraction of sp³-hybridized carbons (Fsp3) is 0.607. The highest BCUT2D eigenvalue weighted by atomic mass is 19.4. The zero-order valence-electron chi connectivity index (χ0n) is 23.6. The molecule has 10 nitrogen and oxygen atoms in total. The number of likely N-dealkylation sites (N-methyl/N-ethyl adjacent to an activating group) is 1. The fourth-order valence-corrected chi connectivity index (χ4v) is 6.71. The number of nitrogens with two attached hydrogens (primary N) is 1. The molecule has 4 rings (SSSR count). The van der Waals surface area contributed by atoms with Crippen LogP contribution in [0.4, 0.5) is 13.2 Å². The lowest BCUT2D eigenvalue weighted by Crippen LogP contribution is -2.74. The molecule has 2 saturated carbocycles. The average Bonchev–Trinajstić information content (AvgIpc) is 2.79. The maximum atomic E-state index is 14.6. The Morgan fingerprint density at radius 2 is 1.68 bits per heavy atom. The van der Waals surface area contributed by atoms with E-state index in [9.17, 15) is 47.4 Å². The molecule has 224 valence electrons. The van der Waals surface area contributed by atoms with Crippen LogP contribution in [0.25, 0.3) is 0 Å². The third-order valence-corrected chi connectivity index (χ3v) is 8.98. The van der Waals surface area contributed by atoms with Crippen molar-refractivity contribution in [2.45, 2.75) is 63.5 Å². The van der Waals surface area contributed by atoms with Gasteiger partial charge in [-0.05, 0) is 77.9 Å². The Hall–Kier alpha value is -3.16. The number of carbonyl (C=O) groups is 5. The Labute approximate surface area is 234 Å². The highest BCUT2D eigenvalue weighted by Gasteiger charge is 2.69. The van der Waals surface area contributed by atoms with Crippen molar-refractivity contribution in [3.8, 4) is 5.75 Å². The summed E-state index contributed by atoms with van der Waals surface area (Å²) in [6, 6.07) is -0.485. The number of benzene rings is 1. The molecule has 6 atom stereocenters. The lowest BCUT2D eigenvalue weighted by atomic mass is 9.52. The quantitative estimate of drug-likeness (QED) is 0.443. The minimum Gasteiger partial charge on any atom is -0.507 e. The zero-order valence-corrected chi connectivity index (χ0v) is 23.6. The number of Topliss-reactive ketones (excluding diaryl/α,β-unsaturated/α-hetero) is 4. The van der Waals surface area contributed by atoms with Gasteiger partial charge in [0.1, 0.15) is 5.75 Å². The van der Waals surface area contributed by atoms with Crippen molar-refractivity contribution < 1.29 is 47.4 Å². The van der Waals surface area contributed by atoms with Crippen LogP contribution in [-0.4, -0.2) is 87.4 Å². The molecule has 1 aromatic rings. The molecule has 0 heterocycles. The molecule has 13 heteroatoms. The number of phenolic OH excluding ortho intramolecular Hbond substituents is 1. The largest absolute Gasteiger partial charge is 0.507 e. The first-order valence-electron chi connectivity index (χ1n) is 13.2. The molecule has 4 N–H and O–H groups in total. The van der Waals surface area contributed by atoms with Crippen molar-refractivity contribution in [3.63, 3.8) is 0 Å². The number of aliphatic hydroxyl groups is 1. The summed E-state index contributed by atoms with van der Waals surface area (Å²) in [6.07, 6.45) is -5.73. The second-order valence-electron chi connectivity index (χ2n) is 12.6. The number of primary amides is 1. The molecule has 1 amide bonds. The van der Waals surface area contributed by atoms with Gasteiger partial charge in [-0.2, -0.15) is 13.2 Å². The number of hydrogen-bond donors (Lipinski definition) is 3. The molecule has 0 aliphatic heterocycles. The van der Waals surface area contributed by atoms with E-state index in [4.69, 9.17) is 5.73 Å². The standard InChI is InChI=1S/C28H34F3N3O7/c1-26(2,3)34(6)10-12-9-15(35)17-13(19(12)28(29,30)31)7-11-8-14-20(33(4)5)22(37)18(25(32)40)24(39)27(14,41)23(38)16(11)21(17)36/h9,11,14,16,18,20,35,41H,7-8,10H2,1-6H3,(H2,32,40)/t11-,14-,16?,18?,20-,27-/m0/s1. The van der Waals surface area contributed by atoms with E-state index >= 15 is 0 Å². The SMILES string of the molecule is CN(C)[C@@H]1C(=O)C(C(N)=O)C(=O)[C@@]2(O)C(=O)C3C(=O)c4c(O)cc(CN(C)C(C)(C)C)c(C(F)(F)F)c4C[C@H]3C[C@@H]12. The smallest absolute Gasteiger partial charge is 0.417 e. The first-order valence-corrected chi connectivity index (χ1v) is 13.2. The Balaban J connectivity index is 1.91. The van der Waals surface area contributed by atoms with Gasteiger partial charge in [0.25, 0.3) is 0 Å². The number of aromatic hydroxyl groups is 1. The van der Waals surface area contributed by atoms with Gasteiger partial charge in [-0.15, -0.1) is 0 Å². The van der Waals surface area contributed by atoms with Crippen LogP contribution in [0.15, 0.2) is 6.07 Å². The van der Waals surface area contributed by atoms with Crippen LogP contribution in [0, 0.1) is 23.7 Å². The van der Waals surface area contributed by atoms with Crippen molar-refractivity contribution in [2.75, 3.05) is 21.1 Å². The van der Waals surface area contributed by atoms with Crippen molar-refractivity contribution in [3.05, 3.63) is 28.3 Å². The summed E-state index contributed by atoms with van der Waals surface area (Å²) in [5.41, 5.74) is -0.698. The van der Waals surface area contributed by atoms with Gasteiger partial charge < -0.3 is 15.9 Å². The van der Waals surface area contributed by atoms with Crippen LogP contribution in [0.5, 0.6) is 5.75 Å². The second kappa shape index (κ2) is 9.70. The third kappa shape index (κ3) is 4.58. The van der Waals surface area contributed by atoms with Gasteiger partial charge in [0, 0.05) is 18.0 Å². The summed E-state index contributed by atoms with van der Waals surface area (Å²) in [6.45, 7) is 5.21. The van der Waals surface area contributed by atoms with Crippen LogP contribution in [0.2, 0.25) is 0 Å². The van der Waals surface area contributed by atoms with Gasteiger partial charge >= 0.3 is 6.18 Å². The number of fused-ring (bicyclic) bond motifs is 3. The molecule has 0 bridgehead atoms. The van der Waals surface area contributed by atoms with E-state index in [2.05, 4.69) is 0 Å². The van der Waals surface area contributed by atoms with Crippen LogP contribution in [-0.2, 0) is 38.3 Å². The lowest BCUT2D eigenvalue weighted by molar-refractivity contribution is -0.181. The summed E-state index contributed by atoms with van der Waals surface area (Å²) < 4.78 is 43.8. The Morgan fingerprint density at radius 1 is 1.10 bits per heavy atom. The van der Waals surface area contributed by atoms with Gasteiger partial charge in [0.05, 0.1) is 23.1 Å². The van der Waals surface area contributed by atoms with E-state index in [1.807, 2.05) is 0 Å². The first kappa shape index (κ1) is 30.8. The predicted molar refractivity (Wildman–Crippen MR) is 138 cm³/mol. The molecule has 3 aliphatic carbocycles. The molecule has 2 fully saturated rings. The van der Waals surface area contributed by atoms with Gasteiger partial charge in [0.15, 0.2) is 34.7 Å². The van der Waals surface area contributed by atoms with E-state index in [-0.39, 0.29) is 18.5 Å². The molecule has 3 aliphatic rings. The van der Waals surface area contributed by atoms with Crippen molar-refractivity contribution in [1.82, 2.24) is 9.80 Å². The van der Waals surface area contributed by atoms with E-state index < -0.39 is 105 Å².